The van der Waals surface area contributed by atoms with Crippen LogP contribution >= 0.6 is 0 Å². The van der Waals surface area contributed by atoms with Gasteiger partial charge in [-0.3, -0.25) is 0 Å². The molecule has 174 valence electrons. The number of anilines is 2. The van der Waals surface area contributed by atoms with Crippen LogP contribution in [0, 0.1) is 69.0 Å². The molecule has 0 saturated heterocycles. The van der Waals surface area contributed by atoms with Crippen LogP contribution in [0.15, 0.2) is 59.7 Å². The quantitative estimate of drug-likeness (QED) is 0.403. The van der Waals surface area contributed by atoms with E-state index >= 15 is 0 Å². The Morgan fingerprint density at radius 2 is 0.944 bits per heavy atom. The highest BCUT2D eigenvalue weighted by Crippen LogP contribution is 2.17. The third kappa shape index (κ3) is 8.18. The molecule has 0 aliphatic rings. The van der Waals surface area contributed by atoms with Crippen LogP contribution in [0.1, 0.15) is 25.0 Å². The Balaban J connectivity index is 1.98. The lowest BCUT2D eigenvalue weighted by molar-refractivity contribution is 0.917. The van der Waals surface area contributed by atoms with E-state index in [0.29, 0.717) is 13.1 Å². The summed E-state index contributed by atoms with van der Waals surface area (Å²) in [7, 11) is 0. The third-order valence-corrected chi connectivity index (χ3v) is 5.16. The van der Waals surface area contributed by atoms with Gasteiger partial charge in [-0.25, -0.2) is 0 Å². The summed E-state index contributed by atoms with van der Waals surface area (Å²) >= 11 is 0. The van der Waals surface area contributed by atoms with Crippen molar-refractivity contribution in [1.82, 2.24) is 0 Å². The van der Waals surface area contributed by atoms with Gasteiger partial charge in [0.2, 0.25) is 0 Å². The fourth-order valence-electron chi connectivity index (χ4n) is 3.20. The molecule has 0 unspecified atom stereocenters. The second kappa shape index (κ2) is 14.7. The summed E-state index contributed by atoms with van der Waals surface area (Å²) in [5.74, 6) is 12.0. The Labute approximate surface area is 213 Å². The standard InChI is InChI=1S/C30H24N6/c1-3-35(29-13-9-25(10-14-29)19-27(21-31)22-32)17-7-5-6-8-18-36(4-2)30-15-11-26(12-16-30)20-28(23-33)24-34/h9-16,19-20H,3-4,17-18H2,1-2H3. The van der Waals surface area contributed by atoms with Crippen molar-refractivity contribution in [2.75, 3.05) is 36.0 Å². The molecule has 0 aliphatic carbocycles. The highest BCUT2D eigenvalue weighted by molar-refractivity contribution is 5.65. The van der Waals surface area contributed by atoms with Gasteiger partial charge in [-0.15, -0.1) is 0 Å². The molecule has 2 aromatic carbocycles. The maximum Gasteiger partial charge on any atom is 0.130 e. The third-order valence-electron chi connectivity index (χ3n) is 5.16. The van der Waals surface area contributed by atoms with Crippen molar-refractivity contribution >= 4 is 23.5 Å². The van der Waals surface area contributed by atoms with Crippen LogP contribution in [0.5, 0.6) is 0 Å². The van der Waals surface area contributed by atoms with Crippen LogP contribution in [0.3, 0.4) is 0 Å². The number of allylic oxidation sites excluding steroid dienone is 2. The maximum absolute atomic E-state index is 8.88. The zero-order chi connectivity index (χ0) is 26.2. The van der Waals surface area contributed by atoms with Crippen molar-refractivity contribution in [2.24, 2.45) is 0 Å². The van der Waals surface area contributed by atoms with Crippen LogP contribution in [0.2, 0.25) is 0 Å². The minimum absolute atomic E-state index is 0.0696. The predicted molar refractivity (Wildman–Crippen MR) is 143 cm³/mol. The molecule has 0 fully saturated rings. The van der Waals surface area contributed by atoms with Crippen LogP contribution in [0.4, 0.5) is 11.4 Å². The molecule has 0 N–H and O–H groups in total. The van der Waals surface area contributed by atoms with Gasteiger partial charge in [0.1, 0.15) is 35.4 Å². The van der Waals surface area contributed by atoms with E-state index in [1.165, 1.54) is 0 Å². The normalized spacial score (nSPS) is 8.72. The van der Waals surface area contributed by atoms with E-state index in [1.54, 1.807) is 12.2 Å². The van der Waals surface area contributed by atoms with Gasteiger partial charge in [0.25, 0.3) is 0 Å². The van der Waals surface area contributed by atoms with E-state index in [-0.39, 0.29) is 11.1 Å². The van der Waals surface area contributed by atoms with Crippen LogP contribution < -0.4 is 9.80 Å². The highest BCUT2D eigenvalue weighted by atomic mass is 15.1. The fraction of sp³-hybridized carbons (Fsp3) is 0.200. The van der Waals surface area contributed by atoms with Gasteiger partial charge in [-0.2, -0.15) is 21.0 Å². The van der Waals surface area contributed by atoms with Gasteiger partial charge < -0.3 is 9.80 Å². The molecule has 0 atom stereocenters. The Bertz CT molecular complexity index is 1250. The van der Waals surface area contributed by atoms with Crippen molar-refractivity contribution in [2.45, 2.75) is 13.8 Å². The van der Waals surface area contributed by atoms with Gasteiger partial charge >= 0.3 is 0 Å². The van der Waals surface area contributed by atoms with Gasteiger partial charge in [-0.05, 0) is 73.2 Å². The number of rotatable bonds is 8. The molecule has 2 aromatic rings. The lowest BCUT2D eigenvalue weighted by Crippen LogP contribution is -2.23. The van der Waals surface area contributed by atoms with Crippen molar-refractivity contribution in [1.29, 1.82) is 21.0 Å². The van der Waals surface area contributed by atoms with Gasteiger partial charge in [0.05, 0.1) is 13.1 Å². The number of hydrogen-bond donors (Lipinski definition) is 0. The number of hydrogen-bond acceptors (Lipinski definition) is 6. The Hall–Kier alpha value is -5.40. The summed E-state index contributed by atoms with van der Waals surface area (Å²) < 4.78 is 0. The first-order valence-corrected chi connectivity index (χ1v) is 11.3. The summed E-state index contributed by atoms with van der Waals surface area (Å²) in [4.78, 5) is 4.21. The molecule has 2 rings (SSSR count). The topological polar surface area (TPSA) is 102 Å². The highest BCUT2D eigenvalue weighted by Gasteiger charge is 2.04. The molecular weight excluding hydrogens is 444 g/mol. The number of nitriles is 4. The minimum Gasteiger partial charge on any atom is -0.361 e. The second-order valence-corrected chi connectivity index (χ2v) is 7.38. The average molecular weight is 469 g/mol. The predicted octanol–water partition coefficient (Wildman–Crippen LogP) is 4.91. The lowest BCUT2D eigenvalue weighted by Gasteiger charge is -2.20. The lowest BCUT2D eigenvalue weighted by atomic mass is 10.1. The molecule has 0 aliphatic heterocycles. The molecule has 0 bridgehead atoms. The van der Waals surface area contributed by atoms with Crippen molar-refractivity contribution < 1.29 is 0 Å². The summed E-state index contributed by atoms with van der Waals surface area (Å²) in [6, 6.07) is 22.7. The summed E-state index contributed by atoms with van der Waals surface area (Å²) in [6.07, 6.45) is 3.11. The fourth-order valence-corrected chi connectivity index (χ4v) is 3.20. The molecule has 0 radical (unpaired) electrons. The zero-order valence-corrected chi connectivity index (χ0v) is 20.3. The minimum atomic E-state index is 0.0696. The summed E-state index contributed by atoms with van der Waals surface area (Å²) in [6.45, 7) is 6.71. The smallest absolute Gasteiger partial charge is 0.130 e. The molecule has 0 spiro atoms. The van der Waals surface area contributed by atoms with Gasteiger partial charge in [-0.1, -0.05) is 36.1 Å². The Kier molecular flexibility index (Phi) is 11.0. The first kappa shape index (κ1) is 26.8. The Morgan fingerprint density at radius 1 is 0.611 bits per heavy atom. The van der Waals surface area contributed by atoms with E-state index in [0.717, 1.165) is 35.6 Å². The molecule has 36 heavy (non-hydrogen) atoms. The Morgan fingerprint density at radius 3 is 1.22 bits per heavy atom. The van der Waals surface area contributed by atoms with Gasteiger partial charge in [0.15, 0.2) is 0 Å². The van der Waals surface area contributed by atoms with E-state index < -0.39 is 0 Å². The first-order valence-electron chi connectivity index (χ1n) is 11.3. The molecule has 0 amide bonds. The molecular formula is C30H24N6. The van der Waals surface area contributed by atoms with E-state index in [4.69, 9.17) is 21.0 Å². The van der Waals surface area contributed by atoms with Crippen molar-refractivity contribution in [3.63, 3.8) is 0 Å². The van der Waals surface area contributed by atoms with E-state index in [9.17, 15) is 0 Å². The number of benzene rings is 2. The largest absolute Gasteiger partial charge is 0.361 e. The maximum atomic E-state index is 8.88. The van der Waals surface area contributed by atoms with E-state index in [1.807, 2.05) is 86.7 Å². The number of nitrogens with zero attached hydrogens (tertiary/aromatic N) is 6. The summed E-state index contributed by atoms with van der Waals surface area (Å²) in [5.41, 5.74) is 3.73. The molecule has 6 heteroatoms. The van der Waals surface area contributed by atoms with E-state index in [2.05, 4.69) is 33.5 Å². The van der Waals surface area contributed by atoms with Crippen LogP contribution in [0.25, 0.3) is 12.2 Å². The molecule has 0 heterocycles. The first-order chi connectivity index (χ1) is 17.6. The molecule has 6 nitrogen and oxygen atoms in total. The van der Waals surface area contributed by atoms with Crippen molar-refractivity contribution in [3.8, 4) is 48.0 Å². The second-order valence-electron chi connectivity index (χ2n) is 7.38. The monoisotopic (exact) mass is 468 g/mol. The van der Waals surface area contributed by atoms with Crippen LogP contribution in [-0.4, -0.2) is 26.2 Å². The summed E-state index contributed by atoms with van der Waals surface area (Å²) in [5, 5.41) is 35.5. The molecule has 0 aromatic heterocycles. The average Bonchev–Trinajstić information content (AvgIpc) is 2.93. The zero-order valence-electron chi connectivity index (χ0n) is 20.3. The SMILES string of the molecule is CCN(CC#CC#CCN(CC)c1ccc(C=C(C#N)C#N)cc1)c1ccc(C=C(C#N)C#N)cc1. The van der Waals surface area contributed by atoms with Crippen LogP contribution in [-0.2, 0) is 0 Å². The molecule has 0 saturated carbocycles. The van der Waals surface area contributed by atoms with Gasteiger partial charge in [0, 0.05) is 24.5 Å². The van der Waals surface area contributed by atoms with Crippen molar-refractivity contribution in [3.05, 3.63) is 70.8 Å².